The monoisotopic (exact) mass is 399 g/mol. The molecule has 0 spiro atoms. The smallest absolute Gasteiger partial charge is 0.407 e. The SMILES string of the molecule is CCC(C)OCCOC(=O)CC#N.CCC(C)OCCOC(=O)NCCC#N. The Labute approximate surface area is 167 Å². The zero-order valence-corrected chi connectivity index (χ0v) is 17.4. The Morgan fingerprint density at radius 1 is 0.893 bits per heavy atom. The molecule has 0 aliphatic carbocycles. The second-order valence-corrected chi connectivity index (χ2v) is 5.71. The van der Waals surface area contributed by atoms with E-state index in [0.29, 0.717) is 26.2 Å². The number of carbonyl (C=O) groups is 2. The summed E-state index contributed by atoms with van der Waals surface area (Å²) in [6.07, 6.45) is 1.85. The Kier molecular flexibility index (Phi) is 20.8. The number of hydrogen-bond acceptors (Lipinski definition) is 8. The van der Waals surface area contributed by atoms with Gasteiger partial charge in [0.1, 0.15) is 19.6 Å². The topological polar surface area (TPSA) is 131 Å². The van der Waals surface area contributed by atoms with E-state index in [1.807, 2.05) is 33.8 Å². The fourth-order valence-corrected chi connectivity index (χ4v) is 1.41. The molecule has 160 valence electrons. The molecule has 0 saturated heterocycles. The number of rotatable bonds is 13. The van der Waals surface area contributed by atoms with Gasteiger partial charge in [0.2, 0.25) is 0 Å². The van der Waals surface area contributed by atoms with Crippen molar-refractivity contribution < 1.29 is 28.5 Å². The summed E-state index contributed by atoms with van der Waals surface area (Å²) in [5.41, 5.74) is 0. The predicted molar refractivity (Wildman–Crippen MR) is 102 cm³/mol. The molecule has 2 atom stereocenters. The zero-order valence-electron chi connectivity index (χ0n) is 17.4. The first-order valence-corrected chi connectivity index (χ1v) is 9.44. The van der Waals surface area contributed by atoms with E-state index >= 15 is 0 Å². The van der Waals surface area contributed by atoms with Gasteiger partial charge in [-0.25, -0.2) is 4.79 Å². The van der Waals surface area contributed by atoms with Gasteiger partial charge >= 0.3 is 12.1 Å². The number of carbonyl (C=O) groups excluding carboxylic acids is 2. The fourth-order valence-electron chi connectivity index (χ4n) is 1.41. The normalized spacial score (nSPS) is 11.6. The first kappa shape index (κ1) is 27.9. The van der Waals surface area contributed by atoms with Crippen molar-refractivity contribution in [1.82, 2.24) is 5.32 Å². The standard InChI is InChI=1S/C10H18N2O3.C9H15NO3/c1-3-9(2)14-7-8-15-10(13)12-6-4-5-11;1-3-8(2)12-6-7-13-9(11)4-5-10/h9H,3-4,6-8H2,1-2H3,(H,12,13);8H,3-4,6-7H2,1-2H3. The Morgan fingerprint density at radius 2 is 1.43 bits per heavy atom. The third-order valence-corrected chi connectivity index (χ3v) is 3.35. The van der Waals surface area contributed by atoms with Crippen LogP contribution in [0.3, 0.4) is 0 Å². The molecule has 0 aromatic heterocycles. The molecule has 0 fully saturated rings. The highest BCUT2D eigenvalue weighted by Crippen LogP contribution is 1.96. The van der Waals surface area contributed by atoms with Crippen molar-refractivity contribution >= 4 is 12.1 Å². The predicted octanol–water partition coefficient (Wildman–Crippen LogP) is 2.70. The van der Waals surface area contributed by atoms with Crippen LogP contribution in [0.4, 0.5) is 4.79 Å². The number of nitrogens with one attached hydrogen (secondary N) is 1. The van der Waals surface area contributed by atoms with Gasteiger partial charge in [-0.05, 0) is 26.7 Å². The Balaban J connectivity index is 0. The van der Waals surface area contributed by atoms with Gasteiger partial charge in [-0.1, -0.05) is 13.8 Å². The number of nitrogens with zero attached hydrogens (tertiary/aromatic N) is 2. The third kappa shape index (κ3) is 21.7. The van der Waals surface area contributed by atoms with E-state index in [1.165, 1.54) is 0 Å². The first-order valence-electron chi connectivity index (χ1n) is 9.44. The van der Waals surface area contributed by atoms with Gasteiger partial charge in [0.15, 0.2) is 0 Å². The maximum atomic E-state index is 10.9. The lowest BCUT2D eigenvalue weighted by molar-refractivity contribution is -0.144. The second-order valence-electron chi connectivity index (χ2n) is 5.71. The van der Waals surface area contributed by atoms with E-state index in [2.05, 4.69) is 5.32 Å². The van der Waals surface area contributed by atoms with Gasteiger partial charge < -0.3 is 24.3 Å². The molecule has 1 amide bonds. The minimum absolute atomic E-state index is 0.190. The first-order chi connectivity index (χ1) is 13.4. The summed E-state index contributed by atoms with van der Waals surface area (Å²) < 4.78 is 20.1. The quantitative estimate of drug-likeness (QED) is 0.369. The van der Waals surface area contributed by atoms with Crippen LogP contribution in [-0.2, 0) is 23.7 Å². The zero-order chi connectivity index (χ0) is 21.6. The van der Waals surface area contributed by atoms with Crippen molar-refractivity contribution in [2.75, 3.05) is 33.0 Å². The van der Waals surface area contributed by atoms with E-state index in [9.17, 15) is 9.59 Å². The number of ether oxygens (including phenoxy) is 4. The molecule has 1 N–H and O–H groups in total. The molecule has 0 aliphatic heterocycles. The summed E-state index contributed by atoms with van der Waals surface area (Å²) >= 11 is 0. The largest absolute Gasteiger partial charge is 0.462 e. The molecule has 9 nitrogen and oxygen atoms in total. The Morgan fingerprint density at radius 3 is 1.89 bits per heavy atom. The molecule has 0 radical (unpaired) electrons. The molecular weight excluding hydrogens is 366 g/mol. The van der Waals surface area contributed by atoms with Gasteiger partial charge in [-0.3, -0.25) is 4.79 Å². The van der Waals surface area contributed by atoms with Crippen LogP contribution in [0.5, 0.6) is 0 Å². The van der Waals surface area contributed by atoms with Crippen molar-refractivity contribution in [2.45, 2.75) is 65.6 Å². The summed E-state index contributed by atoms with van der Waals surface area (Å²) in [6.45, 7) is 9.55. The molecule has 0 aromatic rings. The lowest BCUT2D eigenvalue weighted by Crippen LogP contribution is -2.26. The van der Waals surface area contributed by atoms with Crippen LogP contribution >= 0.6 is 0 Å². The lowest BCUT2D eigenvalue weighted by atomic mass is 10.3. The summed E-state index contributed by atoms with van der Waals surface area (Å²) in [5.74, 6) is -0.491. The number of hydrogen-bond donors (Lipinski definition) is 1. The van der Waals surface area contributed by atoms with E-state index in [-0.39, 0.29) is 31.8 Å². The maximum Gasteiger partial charge on any atom is 0.407 e. The van der Waals surface area contributed by atoms with E-state index in [4.69, 9.17) is 29.5 Å². The lowest BCUT2D eigenvalue weighted by Gasteiger charge is -2.10. The van der Waals surface area contributed by atoms with Gasteiger partial charge in [0.25, 0.3) is 0 Å². The average molecular weight is 399 g/mol. The van der Waals surface area contributed by atoms with Crippen LogP contribution in [0.25, 0.3) is 0 Å². The van der Waals surface area contributed by atoms with Crippen LogP contribution in [-0.4, -0.2) is 57.2 Å². The summed E-state index contributed by atoms with van der Waals surface area (Å²) in [6, 6.07) is 3.63. The van der Waals surface area contributed by atoms with E-state index in [0.717, 1.165) is 12.8 Å². The van der Waals surface area contributed by atoms with Crippen molar-refractivity contribution in [3.8, 4) is 12.1 Å². The van der Waals surface area contributed by atoms with Crippen LogP contribution in [0.2, 0.25) is 0 Å². The molecule has 0 aromatic carbocycles. The van der Waals surface area contributed by atoms with Gasteiger partial charge in [-0.2, -0.15) is 10.5 Å². The number of amides is 1. The maximum absolute atomic E-state index is 10.9. The average Bonchev–Trinajstić information content (AvgIpc) is 2.69. The second kappa shape index (κ2) is 20.9. The van der Waals surface area contributed by atoms with Crippen molar-refractivity contribution in [3.63, 3.8) is 0 Å². The molecule has 0 bridgehead atoms. The highest BCUT2D eigenvalue weighted by atomic mass is 16.6. The minimum Gasteiger partial charge on any atom is -0.462 e. The van der Waals surface area contributed by atoms with Crippen molar-refractivity contribution in [2.24, 2.45) is 0 Å². The highest BCUT2D eigenvalue weighted by molar-refractivity contribution is 5.71. The Bertz CT molecular complexity index is 487. The fraction of sp³-hybridized carbons (Fsp3) is 0.789. The Hall–Kier alpha value is -2.36. The summed E-state index contributed by atoms with van der Waals surface area (Å²) in [5, 5.41) is 18.8. The van der Waals surface area contributed by atoms with Crippen LogP contribution in [0.1, 0.15) is 53.4 Å². The molecule has 28 heavy (non-hydrogen) atoms. The molecule has 2 unspecified atom stereocenters. The van der Waals surface area contributed by atoms with E-state index < -0.39 is 12.1 Å². The number of nitriles is 2. The van der Waals surface area contributed by atoms with E-state index in [1.54, 1.807) is 6.07 Å². The van der Waals surface area contributed by atoms with Crippen LogP contribution < -0.4 is 5.32 Å². The number of alkyl carbamates (subject to hydrolysis) is 1. The van der Waals surface area contributed by atoms with Crippen molar-refractivity contribution in [1.29, 1.82) is 10.5 Å². The van der Waals surface area contributed by atoms with Crippen molar-refractivity contribution in [3.05, 3.63) is 0 Å². The molecule has 0 saturated carbocycles. The molecular formula is C19H33N3O6. The summed E-state index contributed by atoms with van der Waals surface area (Å²) in [7, 11) is 0. The molecule has 0 rings (SSSR count). The molecule has 0 aliphatic rings. The van der Waals surface area contributed by atoms with Gasteiger partial charge in [-0.15, -0.1) is 0 Å². The molecule has 9 heteroatoms. The minimum atomic E-state index is -0.502. The van der Waals surface area contributed by atoms with Gasteiger partial charge in [0, 0.05) is 6.54 Å². The third-order valence-electron chi connectivity index (χ3n) is 3.35. The summed E-state index contributed by atoms with van der Waals surface area (Å²) in [4.78, 5) is 21.6. The number of esters is 1. The van der Waals surface area contributed by atoms with Crippen LogP contribution in [0, 0.1) is 22.7 Å². The van der Waals surface area contributed by atoms with Gasteiger partial charge in [0.05, 0.1) is 44.0 Å². The molecule has 0 heterocycles. The van der Waals surface area contributed by atoms with Crippen LogP contribution in [0.15, 0.2) is 0 Å². The highest BCUT2D eigenvalue weighted by Gasteiger charge is 2.03.